The number of rotatable bonds is 10. The first kappa shape index (κ1) is 25.6. The Morgan fingerprint density at radius 2 is 1.62 bits per heavy atom. The first-order valence-corrected chi connectivity index (χ1v) is 11.2. The van der Waals surface area contributed by atoms with Crippen LogP contribution in [0.15, 0.2) is 24.3 Å². The highest BCUT2D eigenvalue weighted by atomic mass is 35.5. The second-order valence-electron chi connectivity index (χ2n) is 8.81. The molecule has 0 heterocycles. The maximum absolute atomic E-state index is 13.2. The summed E-state index contributed by atoms with van der Waals surface area (Å²) in [6.45, 7) is 3.49. The van der Waals surface area contributed by atoms with Crippen molar-refractivity contribution in [2.75, 3.05) is 0 Å². The summed E-state index contributed by atoms with van der Waals surface area (Å²) >= 11 is 5.95. The molecule has 1 fully saturated rings. The van der Waals surface area contributed by atoms with E-state index in [9.17, 15) is 24.3 Å². The van der Waals surface area contributed by atoms with Gasteiger partial charge in [-0.3, -0.25) is 14.4 Å². The minimum absolute atomic E-state index is 0.123. The predicted molar refractivity (Wildman–Crippen MR) is 119 cm³/mol. The summed E-state index contributed by atoms with van der Waals surface area (Å²) in [7, 11) is 0. The zero-order chi connectivity index (χ0) is 23.9. The number of carbonyl (C=O) groups excluding carboxylic acids is 2. The summed E-state index contributed by atoms with van der Waals surface area (Å²) in [6.07, 6.45) is 3.75. The number of hydrogen-bond donors (Lipinski definition) is 4. The van der Waals surface area contributed by atoms with Gasteiger partial charge in [-0.2, -0.15) is 0 Å². The van der Waals surface area contributed by atoms with Crippen molar-refractivity contribution >= 4 is 35.4 Å². The number of carboxylic acid groups (broad SMARTS) is 2. The molecule has 1 aliphatic rings. The van der Waals surface area contributed by atoms with Gasteiger partial charge in [0.25, 0.3) is 0 Å². The monoisotopic (exact) mass is 466 g/mol. The van der Waals surface area contributed by atoms with E-state index >= 15 is 0 Å². The fourth-order valence-corrected chi connectivity index (χ4v) is 4.10. The van der Waals surface area contributed by atoms with E-state index in [0.717, 1.165) is 37.7 Å². The minimum Gasteiger partial charge on any atom is -0.481 e. The molecule has 2 rings (SSSR count). The van der Waals surface area contributed by atoms with E-state index in [0.29, 0.717) is 5.02 Å². The lowest BCUT2D eigenvalue weighted by molar-refractivity contribution is -0.143. The number of carboxylic acids is 2. The lowest BCUT2D eigenvalue weighted by Crippen LogP contribution is -2.57. The third kappa shape index (κ3) is 6.95. The topological polar surface area (TPSA) is 133 Å². The maximum atomic E-state index is 13.2. The van der Waals surface area contributed by atoms with Crippen LogP contribution in [-0.4, -0.2) is 46.0 Å². The average molecular weight is 467 g/mol. The van der Waals surface area contributed by atoms with Crippen LogP contribution in [0, 0.1) is 5.92 Å². The highest BCUT2D eigenvalue weighted by Gasteiger charge is 2.37. The molecular weight excluding hydrogens is 436 g/mol. The van der Waals surface area contributed by atoms with Gasteiger partial charge >= 0.3 is 11.9 Å². The van der Waals surface area contributed by atoms with Crippen molar-refractivity contribution in [2.24, 2.45) is 5.92 Å². The molecule has 2 atom stereocenters. The first-order chi connectivity index (χ1) is 15.0. The number of benzene rings is 1. The van der Waals surface area contributed by atoms with Crippen LogP contribution in [0.4, 0.5) is 0 Å². The average Bonchev–Trinajstić information content (AvgIpc) is 2.75. The Morgan fingerprint density at radius 3 is 2.16 bits per heavy atom. The van der Waals surface area contributed by atoms with E-state index in [2.05, 4.69) is 10.6 Å². The van der Waals surface area contributed by atoms with Crippen molar-refractivity contribution in [3.05, 3.63) is 34.9 Å². The molecule has 0 saturated heterocycles. The van der Waals surface area contributed by atoms with Crippen molar-refractivity contribution in [1.82, 2.24) is 10.6 Å². The lowest BCUT2D eigenvalue weighted by Gasteiger charge is -2.33. The zero-order valence-corrected chi connectivity index (χ0v) is 19.2. The van der Waals surface area contributed by atoms with E-state index in [-0.39, 0.29) is 24.7 Å². The molecule has 4 N–H and O–H groups in total. The molecule has 0 aromatic heterocycles. The van der Waals surface area contributed by atoms with Gasteiger partial charge in [0.2, 0.25) is 11.8 Å². The molecule has 0 bridgehead atoms. The fourth-order valence-electron chi connectivity index (χ4n) is 3.97. The summed E-state index contributed by atoms with van der Waals surface area (Å²) in [6, 6.07) is 4.65. The molecule has 176 valence electrons. The minimum atomic E-state index is -1.34. The van der Waals surface area contributed by atoms with Crippen LogP contribution in [0.1, 0.15) is 64.4 Å². The summed E-state index contributed by atoms with van der Waals surface area (Å²) in [5.41, 5.74) is -0.222. The largest absolute Gasteiger partial charge is 0.481 e. The van der Waals surface area contributed by atoms with Crippen LogP contribution in [-0.2, 0) is 24.6 Å². The molecule has 0 unspecified atom stereocenters. The van der Waals surface area contributed by atoms with Crippen molar-refractivity contribution < 1.29 is 29.4 Å². The van der Waals surface area contributed by atoms with E-state index in [1.54, 1.807) is 38.1 Å². The van der Waals surface area contributed by atoms with E-state index in [4.69, 9.17) is 16.7 Å². The Labute approximate surface area is 192 Å². The van der Waals surface area contributed by atoms with Crippen LogP contribution >= 0.6 is 11.6 Å². The third-order valence-corrected chi connectivity index (χ3v) is 6.34. The summed E-state index contributed by atoms with van der Waals surface area (Å²) in [5, 5.41) is 24.1. The van der Waals surface area contributed by atoms with Crippen LogP contribution in [0.3, 0.4) is 0 Å². The normalized spacial score (nSPS) is 16.6. The SMILES string of the molecule is CC(C)(C(=O)N[C@H](C(=O)N[C@H](CCC(=O)O)C(=O)O)C1CCCCC1)c1ccc(Cl)cc1. The Bertz CT molecular complexity index is 833. The van der Waals surface area contributed by atoms with E-state index < -0.39 is 35.3 Å². The Morgan fingerprint density at radius 1 is 1.03 bits per heavy atom. The van der Waals surface area contributed by atoms with Crippen molar-refractivity contribution in [2.45, 2.75) is 76.3 Å². The second kappa shape index (κ2) is 11.3. The van der Waals surface area contributed by atoms with Crippen LogP contribution in [0.25, 0.3) is 0 Å². The Kier molecular flexibility index (Phi) is 9.07. The summed E-state index contributed by atoms with van der Waals surface area (Å²) < 4.78 is 0. The zero-order valence-electron chi connectivity index (χ0n) is 18.4. The third-order valence-electron chi connectivity index (χ3n) is 6.09. The Hall–Kier alpha value is -2.61. The number of halogens is 1. The first-order valence-electron chi connectivity index (χ1n) is 10.8. The van der Waals surface area contributed by atoms with Gasteiger partial charge in [0.1, 0.15) is 12.1 Å². The van der Waals surface area contributed by atoms with Gasteiger partial charge in [0.15, 0.2) is 0 Å². The molecule has 0 aliphatic heterocycles. The van der Waals surface area contributed by atoms with Gasteiger partial charge in [0, 0.05) is 11.4 Å². The highest BCUT2D eigenvalue weighted by Crippen LogP contribution is 2.29. The van der Waals surface area contributed by atoms with Crippen molar-refractivity contribution in [3.8, 4) is 0 Å². The molecule has 1 saturated carbocycles. The van der Waals surface area contributed by atoms with Gasteiger partial charge in [-0.1, -0.05) is 43.0 Å². The van der Waals surface area contributed by atoms with E-state index in [1.165, 1.54) is 0 Å². The molecule has 9 heteroatoms. The van der Waals surface area contributed by atoms with Crippen LogP contribution < -0.4 is 10.6 Å². The predicted octanol–water partition coefficient (Wildman–Crippen LogP) is 3.12. The molecule has 32 heavy (non-hydrogen) atoms. The van der Waals surface area contributed by atoms with Gasteiger partial charge < -0.3 is 20.8 Å². The molecule has 0 radical (unpaired) electrons. The summed E-state index contributed by atoms with van der Waals surface area (Å²) in [5.74, 6) is -3.54. The molecule has 1 aliphatic carbocycles. The number of nitrogens with one attached hydrogen (secondary N) is 2. The fraction of sp³-hybridized carbons (Fsp3) is 0.565. The van der Waals surface area contributed by atoms with E-state index in [1.807, 2.05) is 0 Å². The van der Waals surface area contributed by atoms with Gasteiger partial charge in [-0.05, 0) is 56.7 Å². The van der Waals surface area contributed by atoms with Gasteiger partial charge in [-0.25, -0.2) is 4.79 Å². The molecule has 2 amide bonds. The van der Waals surface area contributed by atoms with Crippen LogP contribution in [0.2, 0.25) is 5.02 Å². The molecular formula is C23H31ClN2O6. The highest BCUT2D eigenvalue weighted by molar-refractivity contribution is 6.30. The molecule has 1 aromatic carbocycles. The maximum Gasteiger partial charge on any atom is 0.326 e. The van der Waals surface area contributed by atoms with Crippen LogP contribution in [0.5, 0.6) is 0 Å². The van der Waals surface area contributed by atoms with Crippen molar-refractivity contribution in [1.29, 1.82) is 0 Å². The molecule has 0 spiro atoms. The smallest absolute Gasteiger partial charge is 0.326 e. The molecule has 8 nitrogen and oxygen atoms in total. The standard InChI is InChI=1S/C23H31ClN2O6/c1-23(2,15-8-10-16(24)11-9-15)22(32)26-19(14-6-4-3-5-7-14)20(29)25-17(21(30)31)12-13-18(27)28/h8-11,14,17,19H,3-7,12-13H2,1-2H3,(H,25,29)(H,26,32)(H,27,28)(H,30,31)/t17-,19+/m1/s1. The van der Waals surface area contributed by atoms with Gasteiger partial charge in [-0.15, -0.1) is 0 Å². The summed E-state index contributed by atoms with van der Waals surface area (Å²) in [4.78, 5) is 48.7. The van der Waals surface area contributed by atoms with Crippen molar-refractivity contribution in [3.63, 3.8) is 0 Å². The second-order valence-corrected chi connectivity index (χ2v) is 9.25. The Balaban J connectivity index is 2.21. The number of amides is 2. The lowest BCUT2D eigenvalue weighted by atomic mass is 9.80. The van der Waals surface area contributed by atoms with Gasteiger partial charge in [0.05, 0.1) is 5.41 Å². The quantitative estimate of drug-likeness (QED) is 0.418. The number of hydrogen-bond acceptors (Lipinski definition) is 4. The molecule has 1 aromatic rings. The number of aliphatic carboxylic acids is 2. The number of carbonyl (C=O) groups is 4.